The van der Waals surface area contributed by atoms with E-state index in [0.717, 1.165) is 0 Å². The number of ether oxygens (including phenoxy) is 4. The quantitative estimate of drug-likeness (QED) is 0.413. The van der Waals surface area contributed by atoms with Gasteiger partial charge in [0.2, 0.25) is 6.79 Å². The van der Waals surface area contributed by atoms with Gasteiger partial charge in [-0.05, 0) is 29.8 Å². The first-order chi connectivity index (χ1) is 14.0. The molecule has 0 atom stereocenters. The van der Waals surface area contributed by atoms with Crippen LogP contribution in [0.4, 0.5) is 11.4 Å². The third-order valence-corrected chi connectivity index (χ3v) is 4.90. The van der Waals surface area contributed by atoms with Gasteiger partial charge in [-0.2, -0.15) is 0 Å². The summed E-state index contributed by atoms with van der Waals surface area (Å²) in [4.78, 5) is 25.3. The van der Waals surface area contributed by atoms with Crippen LogP contribution in [0.3, 0.4) is 0 Å². The molecule has 9 nitrogen and oxygen atoms in total. The highest BCUT2D eigenvalue weighted by molar-refractivity contribution is 6.32. The smallest absolute Gasteiger partial charge is 0.338 e. The number of nitro groups is 1. The largest absolute Gasteiger partial charge is 0.457 e. The first-order valence-corrected chi connectivity index (χ1v) is 9.27. The summed E-state index contributed by atoms with van der Waals surface area (Å²) in [5.41, 5.74) is 1.03. The zero-order chi connectivity index (χ0) is 20.4. The molecule has 0 radical (unpaired) electrons. The Bertz CT molecular complexity index is 960. The molecule has 10 heteroatoms. The number of nitrogens with zero attached hydrogens (tertiary/aromatic N) is 2. The van der Waals surface area contributed by atoms with E-state index in [9.17, 15) is 14.9 Å². The molecule has 0 amide bonds. The Kier molecular flexibility index (Phi) is 5.41. The van der Waals surface area contributed by atoms with Crippen molar-refractivity contribution < 1.29 is 28.7 Å². The van der Waals surface area contributed by atoms with Gasteiger partial charge in [0.05, 0.1) is 28.7 Å². The first kappa shape index (κ1) is 19.3. The minimum atomic E-state index is -0.671. The molecule has 1 fully saturated rings. The van der Waals surface area contributed by atoms with Gasteiger partial charge in [-0.1, -0.05) is 11.6 Å². The van der Waals surface area contributed by atoms with Crippen molar-refractivity contribution in [3.8, 4) is 11.5 Å². The number of esters is 1. The Morgan fingerprint density at radius 3 is 2.76 bits per heavy atom. The number of fused-ring (bicyclic) bond motifs is 1. The third-order valence-electron chi connectivity index (χ3n) is 4.62. The number of carbonyl (C=O) groups is 1. The van der Waals surface area contributed by atoms with E-state index in [1.54, 1.807) is 18.2 Å². The maximum absolute atomic E-state index is 12.4. The Morgan fingerprint density at radius 1 is 1.21 bits per heavy atom. The predicted octanol–water partition coefficient (Wildman–Crippen LogP) is 3.17. The van der Waals surface area contributed by atoms with Crippen molar-refractivity contribution in [2.75, 3.05) is 38.0 Å². The van der Waals surface area contributed by atoms with Crippen molar-refractivity contribution in [3.05, 3.63) is 56.6 Å². The molecular weight excluding hydrogens is 404 g/mol. The van der Waals surface area contributed by atoms with Crippen LogP contribution >= 0.6 is 11.6 Å². The predicted molar refractivity (Wildman–Crippen MR) is 103 cm³/mol. The van der Waals surface area contributed by atoms with Gasteiger partial charge in [0.15, 0.2) is 11.5 Å². The second-order valence-corrected chi connectivity index (χ2v) is 6.85. The number of halogens is 1. The number of hydrogen-bond donors (Lipinski definition) is 0. The summed E-state index contributed by atoms with van der Waals surface area (Å²) in [5, 5.41) is 11.9. The number of morpholine rings is 1. The van der Waals surface area contributed by atoms with Crippen LogP contribution in [0.25, 0.3) is 0 Å². The summed E-state index contributed by atoms with van der Waals surface area (Å²) in [6.45, 7) is 2.12. The van der Waals surface area contributed by atoms with Crippen molar-refractivity contribution in [1.82, 2.24) is 0 Å². The lowest BCUT2D eigenvalue weighted by Gasteiger charge is -2.28. The van der Waals surface area contributed by atoms with E-state index in [1.165, 1.54) is 12.1 Å². The van der Waals surface area contributed by atoms with E-state index in [0.29, 0.717) is 54.1 Å². The minimum absolute atomic E-state index is 0.0613. The Hall–Kier alpha value is -3.04. The van der Waals surface area contributed by atoms with Crippen LogP contribution in [0.5, 0.6) is 11.5 Å². The minimum Gasteiger partial charge on any atom is -0.457 e. The lowest BCUT2D eigenvalue weighted by Crippen LogP contribution is -2.36. The average Bonchev–Trinajstić information content (AvgIpc) is 3.21. The van der Waals surface area contributed by atoms with Crippen LogP contribution in [0.1, 0.15) is 15.9 Å². The maximum atomic E-state index is 12.4. The van der Waals surface area contributed by atoms with Gasteiger partial charge in [-0.3, -0.25) is 10.1 Å². The van der Waals surface area contributed by atoms with Crippen molar-refractivity contribution in [3.63, 3.8) is 0 Å². The van der Waals surface area contributed by atoms with Crippen molar-refractivity contribution in [2.45, 2.75) is 6.61 Å². The van der Waals surface area contributed by atoms with Crippen LogP contribution in [-0.2, 0) is 16.1 Å². The third kappa shape index (κ3) is 4.06. The summed E-state index contributed by atoms with van der Waals surface area (Å²) in [5.74, 6) is 0.264. The normalized spacial score (nSPS) is 15.3. The zero-order valence-electron chi connectivity index (χ0n) is 15.3. The average molecular weight is 421 g/mol. The van der Waals surface area contributed by atoms with Crippen LogP contribution in [-0.4, -0.2) is 44.0 Å². The fraction of sp³-hybridized carbons (Fsp3) is 0.316. The van der Waals surface area contributed by atoms with E-state index in [1.807, 2.05) is 4.90 Å². The Balaban J connectivity index is 1.49. The van der Waals surface area contributed by atoms with Gasteiger partial charge < -0.3 is 23.8 Å². The molecule has 29 heavy (non-hydrogen) atoms. The molecule has 0 aliphatic carbocycles. The number of benzene rings is 2. The van der Waals surface area contributed by atoms with Gasteiger partial charge in [0.25, 0.3) is 5.69 Å². The molecule has 1 saturated heterocycles. The van der Waals surface area contributed by atoms with Crippen LogP contribution in [0.15, 0.2) is 30.3 Å². The van der Waals surface area contributed by atoms with E-state index >= 15 is 0 Å². The van der Waals surface area contributed by atoms with Gasteiger partial charge in [-0.25, -0.2) is 4.79 Å². The molecule has 0 spiro atoms. The lowest BCUT2D eigenvalue weighted by atomic mass is 10.1. The summed E-state index contributed by atoms with van der Waals surface area (Å²) >= 11 is 6.12. The van der Waals surface area contributed by atoms with Gasteiger partial charge in [0, 0.05) is 19.2 Å². The van der Waals surface area contributed by atoms with Gasteiger partial charge in [-0.15, -0.1) is 0 Å². The molecule has 0 unspecified atom stereocenters. The molecule has 152 valence electrons. The molecule has 0 bridgehead atoms. The first-order valence-electron chi connectivity index (χ1n) is 8.89. The fourth-order valence-electron chi connectivity index (χ4n) is 3.20. The van der Waals surface area contributed by atoms with Crippen LogP contribution < -0.4 is 14.4 Å². The fourth-order valence-corrected chi connectivity index (χ4v) is 3.49. The topological polar surface area (TPSA) is 100 Å². The van der Waals surface area contributed by atoms with Crippen LogP contribution in [0.2, 0.25) is 5.02 Å². The molecule has 4 rings (SSSR count). The number of rotatable bonds is 5. The summed E-state index contributed by atoms with van der Waals surface area (Å²) in [6, 6.07) is 7.61. The van der Waals surface area contributed by atoms with Crippen LogP contribution in [0, 0.1) is 10.1 Å². The number of nitro benzene ring substituents is 1. The van der Waals surface area contributed by atoms with E-state index in [2.05, 4.69) is 0 Å². The summed E-state index contributed by atoms with van der Waals surface area (Å²) < 4.78 is 21.1. The SMILES string of the molecule is O=C(OCc1cc(Cl)c2c(c1)OCO2)c1ccc(N2CCOCC2)c([N+](=O)[O-])c1. The van der Waals surface area contributed by atoms with Crippen molar-refractivity contribution in [1.29, 1.82) is 0 Å². The number of hydrogen-bond acceptors (Lipinski definition) is 8. The Morgan fingerprint density at radius 2 is 2.00 bits per heavy atom. The van der Waals surface area contributed by atoms with E-state index in [4.69, 9.17) is 30.5 Å². The summed E-state index contributed by atoms with van der Waals surface area (Å²) in [7, 11) is 0. The monoisotopic (exact) mass is 420 g/mol. The number of anilines is 1. The standard InChI is InChI=1S/C19H17ClN2O7/c20-14-7-12(8-17-18(14)29-11-28-17)10-27-19(23)13-1-2-15(16(9-13)22(24)25)21-3-5-26-6-4-21/h1-2,7-9H,3-6,10-11H2. The molecule has 2 aromatic rings. The molecule has 2 heterocycles. The summed E-state index contributed by atoms with van der Waals surface area (Å²) in [6.07, 6.45) is 0. The molecule has 2 aliphatic rings. The Labute approximate surface area is 170 Å². The van der Waals surface area contributed by atoms with Crippen molar-refractivity contribution in [2.24, 2.45) is 0 Å². The number of carbonyl (C=O) groups excluding carboxylic acids is 1. The molecule has 2 aromatic carbocycles. The van der Waals surface area contributed by atoms with Gasteiger partial charge >= 0.3 is 5.97 Å². The molecule has 0 saturated carbocycles. The second kappa shape index (κ2) is 8.14. The van der Waals surface area contributed by atoms with Crippen molar-refractivity contribution >= 4 is 28.9 Å². The highest BCUT2D eigenvalue weighted by Crippen LogP contribution is 2.40. The molecule has 0 N–H and O–H groups in total. The van der Waals surface area contributed by atoms with E-state index < -0.39 is 10.9 Å². The highest BCUT2D eigenvalue weighted by atomic mass is 35.5. The second-order valence-electron chi connectivity index (χ2n) is 6.45. The highest BCUT2D eigenvalue weighted by Gasteiger charge is 2.24. The van der Waals surface area contributed by atoms with E-state index in [-0.39, 0.29) is 24.7 Å². The van der Waals surface area contributed by atoms with Gasteiger partial charge in [0.1, 0.15) is 12.3 Å². The molecular formula is C19H17ClN2O7. The molecule has 0 aromatic heterocycles. The maximum Gasteiger partial charge on any atom is 0.338 e. The lowest BCUT2D eigenvalue weighted by molar-refractivity contribution is -0.384. The molecule has 2 aliphatic heterocycles. The zero-order valence-corrected chi connectivity index (χ0v) is 16.0.